The largest absolute Gasteiger partial charge is 0.487 e. The van der Waals surface area contributed by atoms with Crippen molar-refractivity contribution in [3.05, 3.63) is 29.3 Å². The molecule has 4 atom stereocenters. The smallest absolute Gasteiger partial charge is 0.138 e. The third kappa shape index (κ3) is 4.47. The zero-order valence-electron chi connectivity index (χ0n) is 19.6. The summed E-state index contributed by atoms with van der Waals surface area (Å²) in [5.74, 6) is 0.825. The van der Waals surface area contributed by atoms with Crippen molar-refractivity contribution < 1.29 is 19.3 Å². The van der Waals surface area contributed by atoms with Crippen LogP contribution in [0.5, 0.6) is 5.75 Å². The van der Waals surface area contributed by atoms with E-state index >= 15 is 0 Å². The van der Waals surface area contributed by atoms with E-state index in [4.69, 9.17) is 14.2 Å². The van der Waals surface area contributed by atoms with Gasteiger partial charge in [0.2, 0.25) is 0 Å². The first-order valence-electron chi connectivity index (χ1n) is 11.4. The second-order valence-corrected chi connectivity index (χ2v) is 11.0. The van der Waals surface area contributed by atoms with Gasteiger partial charge in [0.25, 0.3) is 0 Å². The van der Waals surface area contributed by atoms with Crippen molar-refractivity contribution >= 4 is 0 Å². The van der Waals surface area contributed by atoms with E-state index in [0.29, 0.717) is 24.7 Å². The highest BCUT2D eigenvalue weighted by atomic mass is 16.6. The first-order valence-corrected chi connectivity index (χ1v) is 11.4. The number of nitriles is 1. The van der Waals surface area contributed by atoms with E-state index in [2.05, 4.69) is 38.7 Å². The van der Waals surface area contributed by atoms with Crippen LogP contribution in [-0.4, -0.2) is 52.3 Å². The van der Waals surface area contributed by atoms with Gasteiger partial charge in [-0.15, -0.1) is 0 Å². The number of hydrogen-bond donors (Lipinski definition) is 1. The third-order valence-corrected chi connectivity index (χ3v) is 6.98. The van der Waals surface area contributed by atoms with Gasteiger partial charge in [-0.1, -0.05) is 0 Å². The second kappa shape index (κ2) is 7.74. The van der Waals surface area contributed by atoms with Gasteiger partial charge >= 0.3 is 0 Å². The van der Waals surface area contributed by atoms with Crippen LogP contribution in [0, 0.1) is 17.2 Å². The van der Waals surface area contributed by atoms with Crippen LogP contribution >= 0.6 is 0 Å². The lowest BCUT2D eigenvalue weighted by atomic mass is 9.69. The quantitative estimate of drug-likeness (QED) is 0.686. The predicted molar refractivity (Wildman–Crippen MR) is 118 cm³/mol. The highest BCUT2D eigenvalue weighted by molar-refractivity contribution is 5.46. The predicted octanol–water partition coefficient (Wildman–Crippen LogP) is 4.16. The lowest BCUT2D eigenvalue weighted by Gasteiger charge is -2.54. The number of hydrogen-bond acceptors (Lipinski definition) is 6. The summed E-state index contributed by atoms with van der Waals surface area (Å²) in [5, 5.41) is 19.7. The first-order chi connectivity index (χ1) is 14.4. The molecule has 0 radical (unpaired) electrons. The minimum Gasteiger partial charge on any atom is -0.487 e. The van der Waals surface area contributed by atoms with Gasteiger partial charge in [0.1, 0.15) is 17.6 Å². The number of benzene rings is 1. The molecular weight excluding hydrogens is 392 g/mol. The standard InChI is InChI=1S/C25H36N2O4/c1-23(2,28)11-13-29-24(3,4)21-20(27-12-7-8-19-22(27)30-19)17-14-16(15-26)9-10-18(17)31-25(21,5)6/h9-10,14,19-22,28H,7-8,11-13H2,1-6H3. The van der Waals surface area contributed by atoms with E-state index < -0.39 is 16.8 Å². The number of ether oxygens (including phenoxy) is 3. The fraction of sp³-hybridized carbons (Fsp3) is 0.720. The Labute approximate surface area is 186 Å². The Morgan fingerprint density at radius 2 is 2.03 bits per heavy atom. The molecule has 0 aliphatic carbocycles. The summed E-state index contributed by atoms with van der Waals surface area (Å²) >= 11 is 0. The van der Waals surface area contributed by atoms with Crippen LogP contribution in [0.3, 0.4) is 0 Å². The molecular formula is C25H36N2O4. The van der Waals surface area contributed by atoms with Crippen LogP contribution in [0.1, 0.15) is 78.0 Å². The Bertz CT molecular complexity index is 867. The van der Waals surface area contributed by atoms with Crippen molar-refractivity contribution in [3.63, 3.8) is 0 Å². The van der Waals surface area contributed by atoms with Gasteiger partial charge in [0, 0.05) is 18.0 Å². The Hall–Kier alpha value is -1.65. The lowest BCUT2D eigenvalue weighted by molar-refractivity contribution is -0.165. The monoisotopic (exact) mass is 428 g/mol. The van der Waals surface area contributed by atoms with Crippen molar-refractivity contribution in [2.75, 3.05) is 13.2 Å². The zero-order valence-corrected chi connectivity index (χ0v) is 19.6. The van der Waals surface area contributed by atoms with E-state index in [1.54, 1.807) is 13.8 Å². The minimum absolute atomic E-state index is 0.00815. The molecule has 0 bridgehead atoms. The number of piperidine rings is 1. The molecule has 2 fully saturated rings. The molecule has 1 N–H and O–H groups in total. The molecule has 2 saturated heterocycles. The molecule has 3 aliphatic heterocycles. The first kappa shape index (κ1) is 22.5. The van der Waals surface area contributed by atoms with Gasteiger partial charge in [-0.25, -0.2) is 0 Å². The van der Waals surface area contributed by atoms with Gasteiger partial charge in [-0.05, 0) is 79.0 Å². The Morgan fingerprint density at radius 3 is 2.71 bits per heavy atom. The summed E-state index contributed by atoms with van der Waals surface area (Å²) in [6.07, 6.45) is 3.19. The summed E-state index contributed by atoms with van der Waals surface area (Å²) < 4.78 is 19.0. The fourth-order valence-corrected chi connectivity index (χ4v) is 5.63. The van der Waals surface area contributed by atoms with Crippen LogP contribution in [0.25, 0.3) is 0 Å². The van der Waals surface area contributed by atoms with Crippen molar-refractivity contribution in [1.82, 2.24) is 4.90 Å². The Kier molecular flexibility index (Phi) is 5.63. The summed E-state index contributed by atoms with van der Waals surface area (Å²) in [4.78, 5) is 2.46. The number of fused-ring (bicyclic) bond motifs is 2. The molecule has 3 heterocycles. The van der Waals surface area contributed by atoms with Crippen molar-refractivity contribution in [2.24, 2.45) is 5.92 Å². The molecule has 0 saturated carbocycles. The molecule has 3 aliphatic rings. The van der Waals surface area contributed by atoms with Gasteiger partial charge in [0.15, 0.2) is 0 Å². The van der Waals surface area contributed by atoms with Gasteiger partial charge in [-0.2, -0.15) is 5.26 Å². The lowest BCUT2D eigenvalue weighted by Crippen LogP contribution is -2.59. The third-order valence-electron chi connectivity index (χ3n) is 6.98. The van der Waals surface area contributed by atoms with Gasteiger partial charge in [0.05, 0.1) is 41.6 Å². The molecule has 6 heteroatoms. The van der Waals surface area contributed by atoms with Crippen LogP contribution in [0.15, 0.2) is 18.2 Å². The molecule has 0 aromatic heterocycles. The minimum atomic E-state index is -0.774. The van der Waals surface area contributed by atoms with E-state index in [0.717, 1.165) is 30.7 Å². The van der Waals surface area contributed by atoms with Crippen molar-refractivity contribution in [2.45, 2.75) is 96.0 Å². The van der Waals surface area contributed by atoms with Crippen LogP contribution in [0.4, 0.5) is 0 Å². The van der Waals surface area contributed by atoms with E-state index in [1.807, 2.05) is 18.2 Å². The number of epoxide rings is 1. The van der Waals surface area contributed by atoms with Crippen LogP contribution in [0.2, 0.25) is 0 Å². The van der Waals surface area contributed by atoms with E-state index in [1.165, 1.54) is 0 Å². The molecule has 170 valence electrons. The van der Waals surface area contributed by atoms with Crippen molar-refractivity contribution in [1.29, 1.82) is 5.26 Å². The Balaban J connectivity index is 1.74. The highest BCUT2D eigenvalue weighted by Gasteiger charge is 2.58. The maximum atomic E-state index is 10.2. The molecule has 0 amide bonds. The Morgan fingerprint density at radius 1 is 1.29 bits per heavy atom. The van der Waals surface area contributed by atoms with Crippen LogP contribution < -0.4 is 4.74 Å². The fourth-order valence-electron chi connectivity index (χ4n) is 5.63. The molecule has 31 heavy (non-hydrogen) atoms. The van der Waals surface area contributed by atoms with Crippen molar-refractivity contribution in [3.8, 4) is 11.8 Å². The van der Waals surface area contributed by atoms with Crippen LogP contribution in [-0.2, 0) is 9.47 Å². The molecule has 4 unspecified atom stereocenters. The van der Waals surface area contributed by atoms with E-state index in [9.17, 15) is 10.4 Å². The molecule has 6 nitrogen and oxygen atoms in total. The SMILES string of the molecule is CC(C)(O)CCOC(C)(C)C1C(N2CCCC3OC32)c2cc(C#N)ccc2OC1(C)C. The number of rotatable bonds is 6. The summed E-state index contributed by atoms with van der Waals surface area (Å²) in [6, 6.07) is 8.02. The molecule has 1 aromatic rings. The molecule has 1 aromatic carbocycles. The maximum absolute atomic E-state index is 10.2. The second-order valence-electron chi connectivity index (χ2n) is 11.0. The summed E-state index contributed by atoms with van der Waals surface area (Å²) in [5.41, 5.74) is -0.117. The number of likely N-dealkylation sites (tertiary alicyclic amines) is 1. The molecule has 4 rings (SSSR count). The molecule has 0 spiro atoms. The normalized spacial score (nSPS) is 30.0. The zero-order chi connectivity index (χ0) is 22.6. The topological polar surface area (TPSA) is 78.3 Å². The summed E-state index contributed by atoms with van der Waals surface area (Å²) in [7, 11) is 0. The van der Waals surface area contributed by atoms with Gasteiger partial charge in [-0.3, -0.25) is 4.90 Å². The number of aliphatic hydroxyl groups is 1. The summed E-state index contributed by atoms with van der Waals surface area (Å²) in [6.45, 7) is 13.5. The number of nitrogens with zero attached hydrogens (tertiary/aromatic N) is 2. The average molecular weight is 429 g/mol. The highest BCUT2D eigenvalue weighted by Crippen LogP contribution is 2.54. The van der Waals surface area contributed by atoms with Gasteiger partial charge < -0.3 is 19.3 Å². The maximum Gasteiger partial charge on any atom is 0.138 e. The average Bonchev–Trinajstić information content (AvgIpc) is 3.44. The van der Waals surface area contributed by atoms with E-state index in [-0.39, 0.29) is 18.2 Å².